The molecule has 0 aromatic carbocycles. The summed E-state index contributed by atoms with van der Waals surface area (Å²) in [4.78, 5) is 8.09. The molecule has 0 saturated heterocycles. The van der Waals surface area contributed by atoms with Gasteiger partial charge in [0, 0.05) is 25.0 Å². The molecular weight excluding hydrogens is 408 g/mol. The van der Waals surface area contributed by atoms with Crippen molar-refractivity contribution < 1.29 is 13.2 Å². The van der Waals surface area contributed by atoms with Gasteiger partial charge in [0.2, 0.25) is 0 Å². The van der Waals surface area contributed by atoms with Crippen molar-refractivity contribution in [3.05, 3.63) is 29.6 Å². The highest BCUT2D eigenvalue weighted by Crippen LogP contribution is 2.18. The molecule has 0 fully saturated rings. The van der Waals surface area contributed by atoms with Gasteiger partial charge < -0.3 is 10.6 Å². The summed E-state index contributed by atoms with van der Waals surface area (Å²) in [6, 6.07) is 3.91. The Morgan fingerprint density at radius 3 is 2.55 bits per heavy atom. The Labute approximate surface area is 146 Å². The average Bonchev–Trinajstić information content (AvgIpc) is 2.39. The lowest BCUT2D eigenvalue weighted by Crippen LogP contribution is -2.38. The third-order valence-electron chi connectivity index (χ3n) is 2.69. The number of alkyl halides is 3. The molecule has 126 valence electrons. The molecule has 0 saturated carbocycles. The second kappa shape index (κ2) is 10.6. The van der Waals surface area contributed by atoms with E-state index in [0.29, 0.717) is 19.0 Å². The number of aryl methyl sites for hydroxylation is 1. The number of rotatable bonds is 6. The van der Waals surface area contributed by atoms with Gasteiger partial charge in [0.1, 0.15) is 0 Å². The van der Waals surface area contributed by atoms with Crippen LogP contribution < -0.4 is 10.6 Å². The van der Waals surface area contributed by atoms with Gasteiger partial charge in [-0.3, -0.25) is 9.98 Å². The number of halogens is 4. The van der Waals surface area contributed by atoms with Gasteiger partial charge in [0.25, 0.3) is 0 Å². The van der Waals surface area contributed by atoms with Crippen LogP contribution in [0.4, 0.5) is 13.2 Å². The highest BCUT2D eigenvalue weighted by atomic mass is 127. The molecule has 8 heteroatoms. The van der Waals surface area contributed by atoms with Gasteiger partial charge in [-0.2, -0.15) is 13.2 Å². The fourth-order valence-corrected chi connectivity index (χ4v) is 1.61. The minimum Gasteiger partial charge on any atom is -0.357 e. The molecule has 0 aliphatic rings. The van der Waals surface area contributed by atoms with Crippen LogP contribution in [-0.4, -0.2) is 36.8 Å². The number of pyridine rings is 1. The predicted molar refractivity (Wildman–Crippen MR) is 92.7 cm³/mol. The first-order valence-electron chi connectivity index (χ1n) is 6.91. The first kappa shape index (κ1) is 20.9. The van der Waals surface area contributed by atoms with Crippen LogP contribution in [0.3, 0.4) is 0 Å². The van der Waals surface area contributed by atoms with Crippen LogP contribution in [0.25, 0.3) is 0 Å². The highest BCUT2D eigenvalue weighted by Gasteiger charge is 2.26. The van der Waals surface area contributed by atoms with Crippen LogP contribution in [0, 0.1) is 6.92 Å². The number of aromatic nitrogens is 1. The fraction of sp³-hybridized carbons (Fsp3) is 0.571. The van der Waals surface area contributed by atoms with Gasteiger partial charge in [-0.15, -0.1) is 24.0 Å². The van der Waals surface area contributed by atoms with Crippen molar-refractivity contribution in [2.45, 2.75) is 32.9 Å². The molecule has 0 amide bonds. The number of aliphatic imine (C=N–C) groups is 1. The molecule has 0 aliphatic heterocycles. The molecule has 1 aromatic rings. The number of guanidine groups is 1. The van der Waals surface area contributed by atoms with E-state index in [9.17, 15) is 13.2 Å². The second-order valence-electron chi connectivity index (χ2n) is 4.61. The molecule has 1 rings (SSSR count). The van der Waals surface area contributed by atoms with Crippen LogP contribution in [0.15, 0.2) is 23.3 Å². The summed E-state index contributed by atoms with van der Waals surface area (Å²) in [5.74, 6) is 0.404. The molecule has 1 heterocycles. The van der Waals surface area contributed by atoms with E-state index < -0.39 is 12.6 Å². The summed E-state index contributed by atoms with van der Waals surface area (Å²) < 4.78 is 36.2. The Morgan fingerprint density at radius 2 is 2.00 bits per heavy atom. The van der Waals surface area contributed by atoms with Crippen molar-refractivity contribution in [3.63, 3.8) is 0 Å². The zero-order valence-corrected chi connectivity index (χ0v) is 15.0. The van der Waals surface area contributed by atoms with Crippen LogP contribution >= 0.6 is 24.0 Å². The van der Waals surface area contributed by atoms with Gasteiger partial charge in [-0.05, 0) is 31.9 Å². The Balaban J connectivity index is 0.00000441. The van der Waals surface area contributed by atoms with E-state index in [1.165, 1.54) is 0 Å². The van der Waals surface area contributed by atoms with Crippen molar-refractivity contribution in [2.24, 2.45) is 4.99 Å². The van der Waals surface area contributed by atoms with Crippen molar-refractivity contribution in [1.82, 2.24) is 15.6 Å². The lowest BCUT2D eigenvalue weighted by molar-refractivity contribution is -0.132. The van der Waals surface area contributed by atoms with Gasteiger partial charge in [0.05, 0.1) is 13.0 Å². The quantitative estimate of drug-likeness (QED) is 0.415. The first-order valence-corrected chi connectivity index (χ1v) is 6.91. The molecule has 1 aromatic heterocycles. The monoisotopic (exact) mass is 430 g/mol. The van der Waals surface area contributed by atoms with Crippen molar-refractivity contribution >= 4 is 29.9 Å². The largest absolute Gasteiger partial charge is 0.390 e. The maximum atomic E-state index is 12.1. The minimum atomic E-state index is -4.17. The van der Waals surface area contributed by atoms with Crippen molar-refractivity contribution in [3.8, 4) is 0 Å². The smallest absolute Gasteiger partial charge is 0.357 e. The molecule has 2 N–H and O–H groups in total. The van der Waals surface area contributed by atoms with Gasteiger partial charge in [0.15, 0.2) is 5.96 Å². The lowest BCUT2D eigenvalue weighted by atomic mass is 10.2. The molecule has 0 atom stereocenters. The number of nitrogens with zero attached hydrogens (tertiary/aromatic N) is 2. The van der Waals surface area contributed by atoms with Crippen molar-refractivity contribution in [2.75, 3.05) is 19.6 Å². The van der Waals surface area contributed by atoms with E-state index in [2.05, 4.69) is 20.6 Å². The molecule has 4 nitrogen and oxygen atoms in total. The number of nitrogens with one attached hydrogen (secondary N) is 2. The third kappa shape index (κ3) is 9.80. The summed E-state index contributed by atoms with van der Waals surface area (Å²) in [6.45, 7) is 4.70. The van der Waals surface area contributed by atoms with E-state index in [0.717, 1.165) is 17.7 Å². The van der Waals surface area contributed by atoms with E-state index in [-0.39, 0.29) is 30.5 Å². The van der Waals surface area contributed by atoms with Crippen LogP contribution in [0.5, 0.6) is 0 Å². The fourth-order valence-electron chi connectivity index (χ4n) is 1.61. The molecule has 0 spiro atoms. The zero-order valence-electron chi connectivity index (χ0n) is 12.7. The summed E-state index contributed by atoms with van der Waals surface area (Å²) >= 11 is 0. The molecule has 0 bridgehead atoms. The Morgan fingerprint density at radius 1 is 1.27 bits per heavy atom. The summed E-state index contributed by atoms with van der Waals surface area (Å²) in [6.07, 6.45) is -2.55. The number of hydrogen-bond acceptors (Lipinski definition) is 2. The molecule has 0 radical (unpaired) electrons. The molecule has 0 aliphatic carbocycles. The maximum Gasteiger partial charge on any atom is 0.390 e. The van der Waals surface area contributed by atoms with E-state index in [4.69, 9.17) is 0 Å². The Bertz CT molecular complexity index is 446. The number of hydrogen-bond donors (Lipinski definition) is 2. The third-order valence-corrected chi connectivity index (χ3v) is 2.69. The van der Waals surface area contributed by atoms with E-state index >= 15 is 0 Å². The molecule has 22 heavy (non-hydrogen) atoms. The second-order valence-corrected chi connectivity index (χ2v) is 4.61. The van der Waals surface area contributed by atoms with Crippen LogP contribution in [0.2, 0.25) is 0 Å². The Kier molecular flexibility index (Phi) is 10.1. The lowest BCUT2D eigenvalue weighted by Gasteiger charge is -2.11. The van der Waals surface area contributed by atoms with Gasteiger partial charge in [-0.25, -0.2) is 0 Å². The SMILES string of the molecule is CCNC(=NCCC(F)(F)F)NCCc1ccc(C)nc1.I. The standard InChI is InChI=1S/C14H21F3N4.HI/c1-3-18-13(20-9-7-14(15,16)17)19-8-6-12-5-4-11(2)21-10-12;/h4-5,10H,3,6-9H2,1-2H3,(H2,18,19,20);1H. The van der Waals surface area contributed by atoms with Gasteiger partial charge in [-0.1, -0.05) is 6.07 Å². The van der Waals surface area contributed by atoms with Gasteiger partial charge >= 0.3 is 6.18 Å². The molecule has 0 unspecified atom stereocenters. The molecular formula is C14H22F3IN4. The summed E-state index contributed by atoms with van der Waals surface area (Å²) in [5, 5.41) is 5.93. The highest BCUT2D eigenvalue weighted by molar-refractivity contribution is 14.0. The van der Waals surface area contributed by atoms with Crippen LogP contribution in [-0.2, 0) is 6.42 Å². The van der Waals surface area contributed by atoms with Crippen molar-refractivity contribution in [1.29, 1.82) is 0 Å². The summed E-state index contributed by atoms with van der Waals surface area (Å²) in [5.41, 5.74) is 2.02. The zero-order chi connectivity index (χ0) is 15.7. The maximum absolute atomic E-state index is 12.1. The van der Waals surface area contributed by atoms with E-state index in [1.54, 1.807) is 6.20 Å². The minimum absolute atomic E-state index is 0. The topological polar surface area (TPSA) is 49.3 Å². The van der Waals surface area contributed by atoms with E-state index in [1.807, 2.05) is 26.0 Å². The normalized spacial score (nSPS) is 11.8. The average molecular weight is 430 g/mol. The van der Waals surface area contributed by atoms with Crippen LogP contribution in [0.1, 0.15) is 24.6 Å². The summed E-state index contributed by atoms with van der Waals surface area (Å²) in [7, 11) is 0. The first-order chi connectivity index (χ1) is 9.90. The predicted octanol–water partition coefficient (Wildman–Crippen LogP) is 3.06. The Hall–Kier alpha value is -1.06.